The summed E-state index contributed by atoms with van der Waals surface area (Å²) < 4.78 is 0. The van der Waals surface area contributed by atoms with Crippen molar-refractivity contribution in [1.29, 1.82) is 0 Å². The van der Waals surface area contributed by atoms with Crippen LogP contribution in [0.3, 0.4) is 0 Å². The van der Waals surface area contributed by atoms with E-state index in [0.717, 1.165) is 24.8 Å². The molecule has 0 aromatic carbocycles. The minimum Gasteiger partial charge on any atom is -0.298 e. The van der Waals surface area contributed by atoms with Gasteiger partial charge >= 0.3 is 0 Å². The lowest BCUT2D eigenvalue weighted by Crippen LogP contribution is -2.31. The number of hydrogen-bond acceptors (Lipinski definition) is 2. The van der Waals surface area contributed by atoms with Crippen LogP contribution in [0.25, 0.3) is 0 Å². The molecule has 1 aliphatic rings. The maximum absolute atomic E-state index is 12.7. The molecule has 1 heterocycles. The molecule has 0 spiro atoms. The first-order chi connectivity index (χ1) is 8.19. The Kier molecular flexibility index (Phi) is 3.60. The molecule has 0 amide bonds. The predicted octanol–water partition coefficient (Wildman–Crippen LogP) is 3.72. The molecule has 0 bridgehead atoms. The molecule has 1 atom stereocenters. The van der Waals surface area contributed by atoms with Crippen LogP contribution in [0.4, 0.5) is 0 Å². The lowest BCUT2D eigenvalue weighted by atomic mass is 9.73. The molecule has 1 unspecified atom stereocenters. The number of aromatic nitrogens is 1. The number of carbonyl (C=O) groups is 1. The lowest BCUT2D eigenvalue weighted by Gasteiger charge is -2.29. The van der Waals surface area contributed by atoms with Gasteiger partial charge < -0.3 is 0 Å². The van der Waals surface area contributed by atoms with Crippen LogP contribution >= 0.6 is 0 Å². The zero-order chi connectivity index (χ0) is 12.3. The van der Waals surface area contributed by atoms with E-state index in [4.69, 9.17) is 0 Å². The van der Waals surface area contributed by atoms with E-state index in [2.05, 4.69) is 11.9 Å². The molecule has 2 heteroatoms. The molecule has 2 nitrogen and oxygen atoms in total. The summed E-state index contributed by atoms with van der Waals surface area (Å²) in [6.45, 7) is 4.19. The number of pyridine rings is 1. The number of ketones is 1. The molecule has 0 N–H and O–H groups in total. The number of nitrogens with zero attached hydrogens (tertiary/aromatic N) is 1. The number of Topliss-reactive ketones (excluding diaryl/α,β-unsaturated/α-hetero) is 1. The highest BCUT2D eigenvalue weighted by molar-refractivity contribution is 5.90. The third-order valence-corrected chi connectivity index (χ3v) is 4.36. The molecule has 0 radical (unpaired) electrons. The second-order valence-electron chi connectivity index (χ2n) is 5.21. The van der Waals surface area contributed by atoms with Crippen molar-refractivity contribution in [2.24, 2.45) is 5.41 Å². The molecule has 92 valence electrons. The third-order valence-electron chi connectivity index (χ3n) is 4.36. The fraction of sp³-hybridized carbons (Fsp3) is 0.600. The van der Waals surface area contributed by atoms with Crippen LogP contribution < -0.4 is 0 Å². The van der Waals surface area contributed by atoms with E-state index in [0.29, 0.717) is 5.78 Å². The van der Waals surface area contributed by atoms with Crippen molar-refractivity contribution in [3.05, 3.63) is 30.1 Å². The van der Waals surface area contributed by atoms with Gasteiger partial charge in [0, 0.05) is 23.7 Å². The van der Waals surface area contributed by atoms with Crippen molar-refractivity contribution in [3.63, 3.8) is 0 Å². The van der Waals surface area contributed by atoms with E-state index in [1.807, 2.05) is 19.1 Å². The van der Waals surface area contributed by atoms with Crippen molar-refractivity contribution in [3.8, 4) is 0 Å². The van der Waals surface area contributed by atoms with E-state index in [1.165, 1.54) is 12.8 Å². The SMILES string of the molecule is CCC1(C(=O)C(C)c2ccncc2)CCCC1. The zero-order valence-electron chi connectivity index (χ0n) is 10.8. The summed E-state index contributed by atoms with van der Waals surface area (Å²) in [6, 6.07) is 3.92. The molecular formula is C15H21NO. The van der Waals surface area contributed by atoms with Crippen LogP contribution in [0.2, 0.25) is 0 Å². The summed E-state index contributed by atoms with van der Waals surface area (Å²) in [6.07, 6.45) is 9.11. The van der Waals surface area contributed by atoms with E-state index in [-0.39, 0.29) is 11.3 Å². The van der Waals surface area contributed by atoms with Gasteiger partial charge in [-0.05, 0) is 37.0 Å². The van der Waals surface area contributed by atoms with E-state index in [1.54, 1.807) is 12.4 Å². The predicted molar refractivity (Wildman–Crippen MR) is 68.9 cm³/mol. The van der Waals surface area contributed by atoms with Crippen molar-refractivity contribution >= 4 is 5.78 Å². The van der Waals surface area contributed by atoms with Crippen molar-refractivity contribution in [2.75, 3.05) is 0 Å². The van der Waals surface area contributed by atoms with Gasteiger partial charge in [0.2, 0.25) is 0 Å². The van der Waals surface area contributed by atoms with Gasteiger partial charge in [0.1, 0.15) is 5.78 Å². The van der Waals surface area contributed by atoms with E-state index < -0.39 is 0 Å². The van der Waals surface area contributed by atoms with Gasteiger partial charge in [-0.15, -0.1) is 0 Å². The first kappa shape index (κ1) is 12.3. The smallest absolute Gasteiger partial charge is 0.146 e. The molecular weight excluding hydrogens is 210 g/mol. The summed E-state index contributed by atoms with van der Waals surface area (Å²) in [5, 5.41) is 0. The molecule has 0 saturated heterocycles. The molecule has 1 saturated carbocycles. The van der Waals surface area contributed by atoms with Crippen LogP contribution in [-0.4, -0.2) is 10.8 Å². The summed E-state index contributed by atoms with van der Waals surface area (Å²) >= 11 is 0. The average Bonchev–Trinajstić information content (AvgIpc) is 2.88. The Balaban J connectivity index is 2.19. The first-order valence-corrected chi connectivity index (χ1v) is 6.64. The summed E-state index contributed by atoms with van der Waals surface area (Å²) in [7, 11) is 0. The number of hydrogen-bond donors (Lipinski definition) is 0. The van der Waals surface area contributed by atoms with Crippen LogP contribution in [0.1, 0.15) is 57.4 Å². The summed E-state index contributed by atoms with van der Waals surface area (Å²) in [5.41, 5.74) is 1.06. The highest BCUT2D eigenvalue weighted by atomic mass is 16.1. The van der Waals surface area contributed by atoms with Crippen LogP contribution in [0, 0.1) is 5.41 Å². The van der Waals surface area contributed by atoms with Gasteiger partial charge in [0.15, 0.2) is 0 Å². The maximum Gasteiger partial charge on any atom is 0.146 e. The van der Waals surface area contributed by atoms with Crippen LogP contribution in [0.5, 0.6) is 0 Å². The Morgan fingerprint density at radius 1 is 1.35 bits per heavy atom. The fourth-order valence-corrected chi connectivity index (χ4v) is 3.09. The standard InChI is InChI=1S/C15H21NO/c1-3-15(8-4-5-9-15)14(17)12(2)13-6-10-16-11-7-13/h6-7,10-12H,3-5,8-9H2,1-2H3. The largest absolute Gasteiger partial charge is 0.298 e. The molecule has 0 aliphatic heterocycles. The second kappa shape index (κ2) is 4.99. The van der Waals surface area contributed by atoms with E-state index >= 15 is 0 Å². The zero-order valence-corrected chi connectivity index (χ0v) is 10.8. The highest BCUT2D eigenvalue weighted by Crippen LogP contribution is 2.44. The molecule has 1 aromatic heterocycles. The normalized spacial score (nSPS) is 20.1. The molecule has 1 fully saturated rings. The quantitative estimate of drug-likeness (QED) is 0.790. The minimum absolute atomic E-state index is 0.0102. The topological polar surface area (TPSA) is 30.0 Å². The summed E-state index contributed by atoms with van der Waals surface area (Å²) in [5.74, 6) is 0.444. The first-order valence-electron chi connectivity index (χ1n) is 6.64. The summed E-state index contributed by atoms with van der Waals surface area (Å²) in [4.78, 5) is 16.7. The van der Waals surface area contributed by atoms with Crippen LogP contribution in [-0.2, 0) is 4.79 Å². The number of carbonyl (C=O) groups excluding carboxylic acids is 1. The van der Waals surface area contributed by atoms with Gasteiger partial charge in [-0.3, -0.25) is 9.78 Å². The Labute approximate surface area is 103 Å². The fourth-order valence-electron chi connectivity index (χ4n) is 3.09. The Morgan fingerprint density at radius 2 is 1.94 bits per heavy atom. The molecule has 1 aliphatic carbocycles. The van der Waals surface area contributed by atoms with Gasteiger partial charge in [0.05, 0.1) is 0 Å². The van der Waals surface area contributed by atoms with Crippen molar-refractivity contribution < 1.29 is 4.79 Å². The van der Waals surface area contributed by atoms with Crippen molar-refractivity contribution in [2.45, 2.75) is 51.9 Å². The Hall–Kier alpha value is -1.18. The molecule has 17 heavy (non-hydrogen) atoms. The van der Waals surface area contributed by atoms with Gasteiger partial charge in [-0.2, -0.15) is 0 Å². The van der Waals surface area contributed by atoms with E-state index in [9.17, 15) is 4.79 Å². The monoisotopic (exact) mass is 231 g/mol. The highest BCUT2D eigenvalue weighted by Gasteiger charge is 2.41. The molecule has 2 rings (SSSR count). The molecule has 1 aromatic rings. The number of rotatable bonds is 4. The lowest BCUT2D eigenvalue weighted by molar-refractivity contribution is -0.130. The van der Waals surface area contributed by atoms with Crippen molar-refractivity contribution in [1.82, 2.24) is 4.98 Å². The maximum atomic E-state index is 12.7. The van der Waals surface area contributed by atoms with Gasteiger partial charge in [0.25, 0.3) is 0 Å². The average molecular weight is 231 g/mol. The Bertz CT molecular complexity index is 379. The van der Waals surface area contributed by atoms with Gasteiger partial charge in [-0.25, -0.2) is 0 Å². The Morgan fingerprint density at radius 3 is 2.47 bits per heavy atom. The second-order valence-corrected chi connectivity index (χ2v) is 5.21. The minimum atomic E-state index is -0.0390. The van der Waals surface area contributed by atoms with Crippen LogP contribution in [0.15, 0.2) is 24.5 Å². The third kappa shape index (κ3) is 2.26. The van der Waals surface area contributed by atoms with Gasteiger partial charge in [-0.1, -0.05) is 26.7 Å².